The molecular formula is C19H30N2. The number of para-hydroxylation sites is 1. The van der Waals surface area contributed by atoms with Gasteiger partial charge in [-0.25, -0.2) is 0 Å². The van der Waals surface area contributed by atoms with Crippen LogP contribution in [0.15, 0.2) is 24.3 Å². The lowest BCUT2D eigenvalue weighted by atomic mass is 9.69. The van der Waals surface area contributed by atoms with Gasteiger partial charge >= 0.3 is 0 Å². The maximum atomic E-state index is 6.25. The Bertz CT molecular complexity index is 484. The molecule has 3 rings (SSSR count). The van der Waals surface area contributed by atoms with Gasteiger partial charge in [0.1, 0.15) is 0 Å². The summed E-state index contributed by atoms with van der Waals surface area (Å²) >= 11 is 0. The van der Waals surface area contributed by atoms with Gasteiger partial charge in [-0.1, -0.05) is 44.9 Å². The van der Waals surface area contributed by atoms with Gasteiger partial charge in [0.15, 0.2) is 0 Å². The van der Waals surface area contributed by atoms with Crippen LogP contribution in [0, 0.1) is 17.3 Å². The molecular weight excluding hydrogens is 256 g/mol. The molecule has 2 N–H and O–H groups in total. The zero-order valence-electron chi connectivity index (χ0n) is 13.6. The first-order chi connectivity index (χ1) is 10.1. The van der Waals surface area contributed by atoms with Crippen LogP contribution in [-0.2, 0) is 6.42 Å². The fourth-order valence-electron chi connectivity index (χ4n) is 4.62. The fraction of sp³-hybridized carbons (Fsp3) is 0.684. The Morgan fingerprint density at radius 1 is 1.24 bits per heavy atom. The highest BCUT2D eigenvalue weighted by Crippen LogP contribution is 2.41. The Morgan fingerprint density at radius 2 is 2.05 bits per heavy atom. The molecule has 1 aromatic rings. The molecule has 1 saturated carbocycles. The van der Waals surface area contributed by atoms with Crippen LogP contribution in [0.2, 0.25) is 0 Å². The monoisotopic (exact) mass is 286 g/mol. The Kier molecular flexibility index (Phi) is 4.26. The normalized spacial score (nSPS) is 32.8. The van der Waals surface area contributed by atoms with Crippen molar-refractivity contribution in [1.29, 1.82) is 0 Å². The number of rotatable bonds is 3. The summed E-state index contributed by atoms with van der Waals surface area (Å²) < 4.78 is 0. The topological polar surface area (TPSA) is 29.3 Å². The van der Waals surface area contributed by atoms with Crippen LogP contribution in [0.25, 0.3) is 0 Å². The van der Waals surface area contributed by atoms with Gasteiger partial charge < -0.3 is 10.6 Å². The van der Waals surface area contributed by atoms with Crippen LogP contribution in [-0.4, -0.2) is 19.6 Å². The maximum absolute atomic E-state index is 6.25. The van der Waals surface area contributed by atoms with Crippen molar-refractivity contribution in [2.75, 3.05) is 24.5 Å². The SMILES string of the molecule is CC1Cc2ccccc2N(CC2(CN)CCCC(C)C2)C1. The second-order valence-corrected chi connectivity index (χ2v) is 7.72. The minimum Gasteiger partial charge on any atom is -0.370 e. The Labute approximate surface area is 129 Å². The molecule has 0 radical (unpaired) electrons. The summed E-state index contributed by atoms with van der Waals surface area (Å²) in [6, 6.07) is 8.96. The highest BCUT2D eigenvalue weighted by Gasteiger charge is 2.36. The van der Waals surface area contributed by atoms with Gasteiger partial charge in [0.05, 0.1) is 0 Å². The molecule has 0 bridgehead atoms. The largest absolute Gasteiger partial charge is 0.370 e. The van der Waals surface area contributed by atoms with E-state index < -0.39 is 0 Å². The van der Waals surface area contributed by atoms with Crippen molar-refractivity contribution in [3.05, 3.63) is 29.8 Å². The predicted octanol–water partition coefficient (Wildman–Crippen LogP) is 3.84. The molecule has 1 aliphatic carbocycles. The molecule has 0 saturated heterocycles. The lowest BCUT2D eigenvalue weighted by Gasteiger charge is -2.45. The predicted molar refractivity (Wildman–Crippen MR) is 90.6 cm³/mol. The molecule has 1 aromatic carbocycles. The van der Waals surface area contributed by atoms with E-state index in [0.29, 0.717) is 5.41 Å². The minimum atomic E-state index is 0.335. The van der Waals surface area contributed by atoms with Crippen LogP contribution in [0.1, 0.15) is 45.1 Å². The van der Waals surface area contributed by atoms with E-state index in [1.165, 1.54) is 49.9 Å². The van der Waals surface area contributed by atoms with Crippen LogP contribution >= 0.6 is 0 Å². The summed E-state index contributed by atoms with van der Waals surface area (Å²) in [5, 5.41) is 0. The van der Waals surface area contributed by atoms with E-state index in [0.717, 1.165) is 24.9 Å². The van der Waals surface area contributed by atoms with E-state index >= 15 is 0 Å². The van der Waals surface area contributed by atoms with Crippen LogP contribution in [0.3, 0.4) is 0 Å². The van der Waals surface area contributed by atoms with Crippen molar-refractivity contribution in [2.45, 2.75) is 46.0 Å². The standard InChI is InChI=1S/C19H30N2/c1-15-6-5-9-19(11-15,13-20)14-21-12-16(2)10-17-7-3-4-8-18(17)21/h3-4,7-8,15-16H,5-6,9-14,20H2,1-2H3. The van der Waals surface area contributed by atoms with Crippen LogP contribution in [0.5, 0.6) is 0 Å². The summed E-state index contributed by atoms with van der Waals surface area (Å²) in [5.41, 5.74) is 9.56. The Hall–Kier alpha value is -1.02. The minimum absolute atomic E-state index is 0.335. The molecule has 0 spiro atoms. The summed E-state index contributed by atoms with van der Waals surface area (Å²) in [7, 11) is 0. The number of fused-ring (bicyclic) bond motifs is 1. The van der Waals surface area contributed by atoms with Gasteiger partial charge in [0.2, 0.25) is 0 Å². The van der Waals surface area contributed by atoms with Crippen LogP contribution in [0.4, 0.5) is 5.69 Å². The first-order valence-corrected chi connectivity index (χ1v) is 8.65. The highest BCUT2D eigenvalue weighted by molar-refractivity contribution is 5.56. The van der Waals surface area contributed by atoms with E-state index in [2.05, 4.69) is 43.0 Å². The molecule has 3 atom stereocenters. The molecule has 0 amide bonds. The zero-order chi connectivity index (χ0) is 14.9. The van der Waals surface area contributed by atoms with Gasteiger partial charge in [-0.15, -0.1) is 0 Å². The lowest BCUT2D eigenvalue weighted by molar-refractivity contribution is 0.158. The lowest BCUT2D eigenvalue weighted by Crippen LogP contribution is -2.48. The van der Waals surface area contributed by atoms with Gasteiger partial charge in [0.25, 0.3) is 0 Å². The summed E-state index contributed by atoms with van der Waals surface area (Å²) in [4.78, 5) is 2.63. The summed E-state index contributed by atoms with van der Waals surface area (Å²) in [6.45, 7) is 7.95. The van der Waals surface area contributed by atoms with Gasteiger partial charge in [-0.05, 0) is 49.3 Å². The van der Waals surface area contributed by atoms with Crippen molar-refractivity contribution < 1.29 is 0 Å². The third kappa shape index (κ3) is 3.11. The third-order valence-electron chi connectivity index (χ3n) is 5.58. The van der Waals surface area contributed by atoms with Gasteiger partial charge in [0, 0.05) is 24.2 Å². The first-order valence-electron chi connectivity index (χ1n) is 8.65. The molecule has 2 heteroatoms. The number of nitrogens with zero attached hydrogens (tertiary/aromatic N) is 1. The summed E-state index contributed by atoms with van der Waals surface area (Å²) in [5.74, 6) is 1.58. The fourth-order valence-corrected chi connectivity index (χ4v) is 4.62. The third-order valence-corrected chi connectivity index (χ3v) is 5.58. The molecule has 1 heterocycles. The average Bonchev–Trinajstić information content (AvgIpc) is 2.47. The Morgan fingerprint density at radius 3 is 2.81 bits per heavy atom. The Balaban J connectivity index is 1.83. The number of anilines is 1. The number of nitrogens with two attached hydrogens (primary N) is 1. The van der Waals surface area contributed by atoms with E-state index in [9.17, 15) is 0 Å². The second kappa shape index (κ2) is 6.00. The second-order valence-electron chi connectivity index (χ2n) is 7.72. The van der Waals surface area contributed by atoms with Crippen molar-refractivity contribution in [3.63, 3.8) is 0 Å². The van der Waals surface area contributed by atoms with Crippen molar-refractivity contribution in [2.24, 2.45) is 23.0 Å². The first kappa shape index (κ1) is 14.9. The number of benzene rings is 1. The quantitative estimate of drug-likeness (QED) is 0.914. The molecule has 1 fully saturated rings. The molecule has 0 aromatic heterocycles. The van der Waals surface area contributed by atoms with Crippen molar-refractivity contribution in [1.82, 2.24) is 0 Å². The van der Waals surface area contributed by atoms with E-state index in [1.807, 2.05) is 0 Å². The molecule has 2 nitrogen and oxygen atoms in total. The molecule has 2 aliphatic rings. The van der Waals surface area contributed by atoms with Crippen molar-refractivity contribution >= 4 is 5.69 Å². The number of hydrogen-bond donors (Lipinski definition) is 1. The van der Waals surface area contributed by atoms with E-state index in [1.54, 1.807) is 0 Å². The molecule has 21 heavy (non-hydrogen) atoms. The van der Waals surface area contributed by atoms with Gasteiger partial charge in [-0.3, -0.25) is 0 Å². The maximum Gasteiger partial charge on any atom is 0.0399 e. The molecule has 116 valence electrons. The van der Waals surface area contributed by atoms with Gasteiger partial charge in [-0.2, -0.15) is 0 Å². The van der Waals surface area contributed by atoms with Crippen molar-refractivity contribution in [3.8, 4) is 0 Å². The smallest absolute Gasteiger partial charge is 0.0399 e. The molecule has 3 unspecified atom stereocenters. The highest BCUT2D eigenvalue weighted by atomic mass is 15.1. The summed E-state index contributed by atoms with van der Waals surface area (Å²) in [6.07, 6.45) is 6.56. The van der Waals surface area contributed by atoms with E-state index in [4.69, 9.17) is 5.73 Å². The van der Waals surface area contributed by atoms with Crippen LogP contribution < -0.4 is 10.6 Å². The zero-order valence-corrected chi connectivity index (χ0v) is 13.6. The average molecular weight is 286 g/mol. The molecule has 1 aliphatic heterocycles. The van der Waals surface area contributed by atoms with E-state index in [-0.39, 0.29) is 0 Å². The number of hydrogen-bond acceptors (Lipinski definition) is 2.